The molecule has 0 saturated carbocycles. The molecule has 2 aromatic heterocycles. The number of ether oxygens (including phenoxy) is 1. The molecule has 0 N–H and O–H groups in total. The lowest BCUT2D eigenvalue weighted by Crippen LogP contribution is -2.16. The molecular formula is C22H19ClFN5O2S. The van der Waals surface area contributed by atoms with Crippen LogP contribution in [-0.4, -0.2) is 37.6 Å². The molecule has 2 aromatic carbocycles. The Morgan fingerprint density at radius 2 is 2.00 bits per heavy atom. The zero-order valence-corrected chi connectivity index (χ0v) is 18.5. The van der Waals surface area contributed by atoms with E-state index in [1.54, 1.807) is 24.3 Å². The summed E-state index contributed by atoms with van der Waals surface area (Å²) in [5.41, 5.74) is 1.59. The van der Waals surface area contributed by atoms with Crippen LogP contribution in [0.3, 0.4) is 0 Å². The van der Waals surface area contributed by atoms with E-state index in [2.05, 4.69) is 20.3 Å². The van der Waals surface area contributed by atoms with E-state index in [4.69, 9.17) is 20.9 Å². The van der Waals surface area contributed by atoms with Crippen molar-refractivity contribution in [1.29, 1.82) is 0 Å². The van der Waals surface area contributed by atoms with Gasteiger partial charge in [0.25, 0.3) is 0 Å². The standard InChI is InChI=1S/C22H19ClFN5O2S/c23-16-4-1-3-15(11-16)20-25-19(31-28-20)13-32-22-27-26-21(14-6-8-17(24)9-7-14)29(22)12-18-5-2-10-30-18/h1,3-4,6-9,11,18H,2,5,10,12-13H2. The van der Waals surface area contributed by atoms with Crippen LogP contribution >= 0.6 is 23.4 Å². The van der Waals surface area contributed by atoms with Gasteiger partial charge in [0.1, 0.15) is 5.82 Å². The number of benzene rings is 2. The number of halogens is 2. The summed E-state index contributed by atoms with van der Waals surface area (Å²) in [6, 6.07) is 13.5. The minimum Gasteiger partial charge on any atom is -0.376 e. The number of thioether (sulfide) groups is 1. The van der Waals surface area contributed by atoms with E-state index in [1.165, 1.54) is 23.9 Å². The molecule has 1 unspecified atom stereocenters. The Kier molecular flexibility index (Phi) is 6.20. The van der Waals surface area contributed by atoms with Crippen molar-refractivity contribution in [2.24, 2.45) is 0 Å². The van der Waals surface area contributed by atoms with Crippen LogP contribution < -0.4 is 0 Å². The van der Waals surface area contributed by atoms with Crippen LogP contribution in [0, 0.1) is 5.82 Å². The van der Waals surface area contributed by atoms with E-state index in [1.807, 2.05) is 16.7 Å². The van der Waals surface area contributed by atoms with Crippen molar-refractivity contribution in [3.8, 4) is 22.8 Å². The lowest BCUT2D eigenvalue weighted by molar-refractivity contribution is 0.0953. The first-order chi connectivity index (χ1) is 15.7. The second kappa shape index (κ2) is 9.40. The van der Waals surface area contributed by atoms with Gasteiger partial charge in [-0.1, -0.05) is 40.7 Å². The van der Waals surface area contributed by atoms with Crippen molar-refractivity contribution in [2.75, 3.05) is 6.61 Å². The molecule has 1 aliphatic heterocycles. The van der Waals surface area contributed by atoms with Crippen molar-refractivity contribution >= 4 is 23.4 Å². The third-order valence-electron chi connectivity index (χ3n) is 5.11. The summed E-state index contributed by atoms with van der Waals surface area (Å²) < 4.78 is 26.6. The largest absolute Gasteiger partial charge is 0.376 e. The third-order valence-corrected chi connectivity index (χ3v) is 6.29. The maximum absolute atomic E-state index is 13.4. The van der Waals surface area contributed by atoms with Crippen LogP contribution in [0.4, 0.5) is 4.39 Å². The summed E-state index contributed by atoms with van der Waals surface area (Å²) in [7, 11) is 0. The molecule has 1 saturated heterocycles. The number of nitrogens with zero attached hydrogens (tertiary/aromatic N) is 5. The molecule has 0 bridgehead atoms. The van der Waals surface area contributed by atoms with Gasteiger partial charge in [-0.2, -0.15) is 4.98 Å². The topological polar surface area (TPSA) is 78.9 Å². The second-order valence-corrected chi connectivity index (χ2v) is 8.75. The predicted octanol–water partition coefficient (Wildman–Crippen LogP) is 5.26. The molecule has 7 nitrogen and oxygen atoms in total. The van der Waals surface area contributed by atoms with Crippen LogP contribution in [0.5, 0.6) is 0 Å². The molecule has 0 spiro atoms. The van der Waals surface area contributed by atoms with E-state index in [0.717, 1.165) is 30.6 Å². The zero-order valence-electron chi connectivity index (χ0n) is 16.9. The molecule has 1 atom stereocenters. The minimum atomic E-state index is -0.291. The Hall–Kier alpha value is -2.75. The van der Waals surface area contributed by atoms with Gasteiger partial charge in [-0.05, 0) is 49.2 Å². The molecule has 164 valence electrons. The Morgan fingerprint density at radius 3 is 2.78 bits per heavy atom. The number of hydrogen-bond acceptors (Lipinski definition) is 7. The fourth-order valence-electron chi connectivity index (χ4n) is 3.55. The fourth-order valence-corrected chi connectivity index (χ4v) is 4.52. The van der Waals surface area contributed by atoms with E-state index in [-0.39, 0.29) is 11.9 Å². The highest BCUT2D eigenvalue weighted by atomic mass is 35.5. The summed E-state index contributed by atoms with van der Waals surface area (Å²) in [5.74, 6) is 1.77. The molecule has 0 aliphatic carbocycles. The van der Waals surface area contributed by atoms with Crippen molar-refractivity contribution in [3.05, 3.63) is 65.3 Å². The molecular weight excluding hydrogens is 453 g/mol. The first-order valence-corrected chi connectivity index (χ1v) is 11.5. The van der Waals surface area contributed by atoms with Gasteiger partial charge < -0.3 is 9.26 Å². The van der Waals surface area contributed by atoms with Gasteiger partial charge in [-0.25, -0.2) is 4.39 Å². The summed E-state index contributed by atoms with van der Waals surface area (Å²) in [4.78, 5) is 4.46. The van der Waals surface area contributed by atoms with Gasteiger partial charge in [0.15, 0.2) is 11.0 Å². The normalized spacial score (nSPS) is 16.0. The van der Waals surface area contributed by atoms with Crippen LogP contribution in [0.2, 0.25) is 5.02 Å². The molecule has 1 aliphatic rings. The lowest BCUT2D eigenvalue weighted by atomic mass is 10.2. The molecule has 4 aromatic rings. The Labute approximate surface area is 193 Å². The average molecular weight is 472 g/mol. The van der Waals surface area contributed by atoms with Crippen LogP contribution in [0.25, 0.3) is 22.8 Å². The number of aromatic nitrogens is 5. The maximum Gasteiger partial charge on any atom is 0.237 e. The SMILES string of the molecule is Fc1ccc(-c2nnc(SCc3nc(-c4cccc(Cl)c4)no3)n2CC2CCCO2)cc1. The van der Waals surface area contributed by atoms with Crippen molar-refractivity contribution < 1.29 is 13.7 Å². The maximum atomic E-state index is 13.4. The molecule has 5 rings (SSSR count). The van der Waals surface area contributed by atoms with Crippen molar-refractivity contribution in [3.63, 3.8) is 0 Å². The smallest absolute Gasteiger partial charge is 0.237 e. The highest BCUT2D eigenvalue weighted by Crippen LogP contribution is 2.29. The molecule has 1 fully saturated rings. The van der Waals surface area contributed by atoms with Crippen molar-refractivity contribution in [2.45, 2.75) is 36.4 Å². The summed E-state index contributed by atoms with van der Waals surface area (Å²) in [5, 5.41) is 14.1. The lowest BCUT2D eigenvalue weighted by Gasteiger charge is -2.14. The molecule has 32 heavy (non-hydrogen) atoms. The highest BCUT2D eigenvalue weighted by Gasteiger charge is 2.22. The van der Waals surface area contributed by atoms with Crippen LogP contribution in [0.1, 0.15) is 18.7 Å². The zero-order chi connectivity index (χ0) is 21.9. The summed E-state index contributed by atoms with van der Waals surface area (Å²) in [6.45, 7) is 1.38. The van der Waals surface area contributed by atoms with E-state index >= 15 is 0 Å². The quantitative estimate of drug-likeness (QED) is 0.340. The predicted molar refractivity (Wildman–Crippen MR) is 119 cm³/mol. The Bertz CT molecular complexity index is 1210. The fraction of sp³-hybridized carbons (Fsp3) is 0.273. The van der Waals surface area contributed by atoms with E-state index in [0.29, 0.717) is 40.0 Å². The molecule has 10 heteroatoms. The van der Waals surface area contributed by atoms with Crippen LogP contribution in [-0.2, 0) is 17.0 Å². The van der Waals surface area contributed by atoms with Crippen LogP contribution in [0.15, 0.2) is 58.2 Å². The first kappa shape index (κ1) is 21.1. The molecule has 0 radical (unpaired) electrons. The minimum absolute atomic E-state index is 0.0994. The van der Waals surface area contributed by atoms with Crippen molar-refractivity contribution in [1.82, 2.24) is 24.9 Å². The number of rotatable bonds is 7. The first-order valence-electron chi connectivity index (χ1n) is 10.2. The average Bonchev–Trinajstić information content (AvgIpc) is 3.55. The van der Waals surface area contributed by atoms with Gasteiger partial charge in [0.2, 0.25) is 11.7 Å². The van der Waals surface area contributed by atoms with Gasteiger partial charge in [-0.15, -0.1) is 10.2 Å². The molecule has 3 heterocycles. The summed E-state index contributed by atoms with van der Waals surface area (Å²) >= 11 is 7.50. The molecule has 0 amide bonds. The van der Waals surface area contributed by atoms with E-state index in [9.17, 15) is 4.39 Å². The Balaban J connectivity index is 1.36. The van der Waals surface area contributed by atoms with E-state index < -0.39 is 0 Å². The number of hydrogen-bond donors (Lipinski definition) is 0. The van der Waals surface area contributed by atoms with Gasteiger partial charge >= 0.3 is 0 Å². The second-order valence-electron chi connectivity index (χ2n) is 7.37. The third kappa shape index (κ3) is 4.69. The van der Waals surface area contributed by atoms with Gasteiger partial charge in [-0.3, -0.25) is 4.57 Å². The summed E-state index contributed by atoms with van der Waals surface area (Å²) in [6.07, 6.45) is 2.12. The monoisotopic (exact) mass is 471 g/mol. The Morgan fingerprint density at radius 1 is 1.12 bits per heavy atom. The van der Waals surface area contributed by atoms with Gasteiger partial charge in [0, 0.05) is 22.8 Å². The highest BCUT2D eigenvalue weighted by molar-refractivity contribution is 7.98. The van der Waals surface area contributed by atoms with Gasteiger partial charge in [0.05, 0.1) is 18.4 Å².